The molecule has 1 unspecified atom stereocenters. The van der Waals surface area contributed by atoms with Crippen molar-refractivity contribution in [2.45, 2.75) is 20.3 Å². The van der Waals surface area contributed by atoms with Crippen LogP contribution >= 0.6 is 0 Å². The molecule has 1 atom stereocenters. The summed E-state index contributed by atoms with van der Waals surface area (Å²) in [5, 5.41) is 11.7. The second-order valence-corrected chi connectivity index (χ2v) is 4.25. The predicted octanol–water partition coefficient (Wildman–Crippen LogP) is 1.66. The van der Waals surface area contributed by atoms with Gasteiger partial charge in [-0.25, -0.2) is 0 Å². The third kappa shape index (κ3) is 3.34. The number of amidine groups is 1. The van der Waals surface area contributed by atoms with Gasteiger partial charge in [-0.2, -0.15) is 0 Å². The topological polar surface area (TPSA) is 74.7 Å². The van der Waals surface area contributed by atoms with Crippen LogP contribution in [-0.2, 0) is 0 Å². The SMILES string of the molecule is CCC(C)CN(C)c1cccnc1/C(N)=N/O. The van der Waals surface area contributed by atoms with Gasteiger partial charge < -0.3 is 15.8 Å². The Labute approximate surface area is 102 Å². The largest absolute Gasteiger partial charge is 0.409 e. The molecule has 3 N–H and O–H groups in total. The highest BCUT2D eigenvalue weighted by Gasteiger charge is 2.13. The second-order valence-electron chi connectivity index (χ2n) is 4.25. The van der Waals surface area contributed by atoms with Crippen molar-refractivity contribution in [3.05, 3.63) is 24.0 Å². The second kappa shape index (κ2) is 6.08. The van der Waals surface area contributed by atoms with Crippen LogP contribution in [0.5, 0.6) is 0 Å². The third-order valence-corrected chi connectivity index (χ3v) is 2.83. The average molecular weight is 236 g/mol. The number of hydrogen-bond acceptors (Lipinski definition) is 4. The molecule has 94 valence electrons. The fraction of sp³-hybridized carbons (Fsp3) is 0.500. The highest BCUT2D eigenvalue weighted by atomic mass is 16.4. The van der Waals surface area contributed by atoms with Gasteiger partial charge in [-0.15, -0.1) is 0 Å². The quantitative estimate of drug-likeness (QED) is 0.353. The third-order valence-electron chi connectivity index (χ3n) is 2.83. The van der Waals surface area contributed by atoms with E-state index in [9.17, 15) is 0 Å². The summed E-state index contributed by atoms with van der Waals surface area (Å²) in [6.07, 6.45) is 2.75. The van der Waals surface area contributed by atoms with E-state index >= 15 is 0 Å². The Morgan fingerprint density at radius 2 is 2.35 bits per heavy atom. The van der Waals surface area contributed by atoms with Gasteiger partial charge in [0.25, 0.3) is 0 Å². The standard InChI is InChI=1S/C12H20N4O/c1-4-9(2)8-16(3)10-6-5-7-14-11(10)12(13)15-17/h5-7,9,17H,4,8H2,1-3H3,(H2,13,15). The molecular formula is C12H20N4O. The Hall–Kier alpha value is -1.78. The fourth-order valence-electron chi connectivity index (χ4n) is 1.64. The van der Waals surface area contributed by atoms with Gasteiger partial charge >= 0.3 is 0 Å². The predicted molar refractivity (Wildman–Crippen MR) is 69.5 cm³/mol. The maximum atomic E-state index is 8.73. The number of nitrogens with two attached hydrogens (primary N) is 1. The van der Waals surface area contributed by atoms with E-state index in [1.54, 1.807) is 6.20 Å². The van der Waals surface area contributed by atoms with Gasteiger partial charge in [0.15, 0.2) is 5.84 Å². The van der Waals surface area contributed by atoms with Gasteiger partial charge in [0, 0.05) is 19.8 Å². The van der Waals surface area contributed by atoms with Crippen molar-refractivity contribution in [2.75, 3.05) is 18.5 Å². The van der Waals surface area contributed by atoms with E-state index < -0.39 is 0 Å². The highest BCUT2D eigenvalue weighted by Crippen LogP contribution is 2.18. The van der Waals surface area contributed by atoms with E-state index in [1.165, 1.54) is 0 Å². The van der Waals surface area contributed by atoms with Crippen LogP contribution < -0.4 is 10.6 Å². The summed E-state index contributed by atoms with van der Waals surface area (Å²) >= 11 is 0. The summed E-state index contributed by atoms with van der Waals surface area (Å²) in [7, 11) is 1.98. The first kappa shape index (κ1) is 13.3. The Balaban J connectivity index is 2.97. The van der Waals surface area contributed by atoms with Crippen molar-refractivity contribution in [1.29, 1.82) is 0 Å². The zero-order valence-corrected chi connectivity index (χ0v) is 10.6. The molecule has 0 saturated heterocycles. The van der Waals surface area contributed by atoms with E-state index in [0.717, 1.165) is 18.7 Å². The van der Waals surface area contributed by atoms with Gasteiger partial charge in [0.1, 0.15) is 5.69 Å². The van der Waals surface area contributed by atoms with E-state index in [1.807, 2.05) is 19.2 Å². The number of oxime groups is 1. The molecule has 1 aromatic rings. The highest BCUT2D eigenvalue weighted by molar-refractivity contribution is 6.00. The van der Waals surface area contributed by atoms with Crippen molar-refractivity contribution in [3.63, 3.8) is 0 Å². The van der Waals surface area contributed by atoms with Crippen LogP contribution in [0.1, 0.15) is 26.0 Å². The molecule has 0 aromatic carbocycles. The van der Waals surface area contributed by atoms with E-state index in [0.29, 0.717) is 11.6 Å². The van der Waals surface area contributed by atoms with Gasteiger partial charge in [0.2, 0.25) is 0 Å². The zero-order valence-electron chi connectivity index (χ0n) is 10.6. The summed E-state index contributed by atoms with van der Waals surface area (Å²) in [5.41, 5.74) is 7.00. The molecule has 5 nitrogen and oxygen atoms in total. The minimum atomic E-state index is 0.0385. The molecule has 0 aliphatic rings. The van der Waals surface area contributed by atoms with Crippen molar-refractivity contribution >= 4 is 11.5 Å². The van der Waals surface area contributed by atoms with Crippen LogP contribution in [0, 0.1) is 5.92 Å². The minimum Gasteiger partial charge on any atom is -0.409 e. The van der Waals surface area contributed by atoms with Crippen LogP contribution in [0.15, 0.2) is 23.5 Å². The van der Waals surface area contributed by atoms with E-state index in [4.69, 9.17) is 10.9 Å². The van der Waals surface area contributed by atoms with Crippen LogP contribution in [0.2, 0.25) is 0 Å². The van der Waals surface area contributed by atoms with Crippen LogP contribution in [0.25, 0.3) is 0 Å². The number of hydrogen-bond donors (Lipinski definition) is 2. The Bertz CT molecular complexity index is 392. The van der Waals surface area contributed by atoms with Gasteiger partial charge in [0.05, 0.1) is 5.69 Å². The minimum absolute atomic E-state index is 0.0385. The molecule has 0 aliphatic carbocycles. The molecule has 1 rings (SSSR count). The molecular weight excluding hydrogens is 216 g/mol. The molecule has 0 amide bonds. The Kier molecular flexibility index (Phi) is 4.75. The maximum Gasteiger partial charge on any atom is 0.190 e. The molecule has 1 heterocycles. The normalized spacial score (nSPS) is 13.5. The van der Waals surface area contributed by atoms with Crippen LogP contribution in [0.3, 0.4) is 0 Å². The smallest absolute Gasteiger partial charge is 0.190 e. The monoisotopic (exact) mass is 236 g/mol. The summed E-state index contributed by atoms with van der Waals surface area (Å²) in [4.78, 5) is 6.22. The van der Waals surface area contributed by atoms with Crippen LogP contribution in [0.4, 0.5) is 5.69 Å². The molecule has 0 fully saturated rings. The first-order valence-corrected chi connectivity index (χ1v) is 5.74. The fourth-order valence-corrected chi connectivity index (χ4v) is 1.64. The number of anilines is 1. The number of aromatic nitrogens is 1. The zero-order chi connectivity index (χ0) is 12.8. The van der Waals surface area contributed by atoms with Crippen molar-refractivity contribution in [2.24, 2.45) is 16.8 Å². The summed E-state index contributed by atoms with van der Waals surface area (Å²) < 4.78 is 0. The Morgan fingerprint density at radius 1 is 1.65 bits per heavy atom. The summed E-state index contributed by atoms with van der Waals surface area (Å²) in [6, 6.07) is 3.76. The first-order valence-electron chi connectivity index (χ1n) is 5.74. The number of pyridine rings is 1. The average Bonchev–Trinajstić information content (AvgIpc) is 2.37. The molecule has 5 heteroatoms. The number of rotatable bonds is 5. The van der Waals surface area contributed by atoms with Gasteiger partial charge in [-0.1, -0.05) is 25.4 Å². The molecule has 17 heavy (non-hydrogen) atoms. The summed E-state index contributed by atoms with van der Waals surface area (Å²) in [5.74, 6) is 0.622. The lowest BCUT2D eigenvalue weighted by Gasteiger charge is -2.24. The molecule has 0 aliphatic heterocycles. The lowest BCUT2D eigenvalue weighted by molar-refractivity contribution is 0.318. The van der Waals surface area contributed by atoms with Crippen molar-refractivity contribution in [1.82, 2.24) is 4.98 Å². The maximum absolute atomic E-state index is 8.73. The molecule has 1 aromatic heterocycles. The summed E-state index contributed by atoms with van der Waals surface area (Å²) in [6.45, 7) is 5.26. The molecule has 0 radical (unpaired) electrons. The van der Waals surface area contributed by atoms with E-state index in [-0.39, 0.29) is 5.84 Å². The lowest BCUT2D eigenvalue weighted by atomic mass is 10.1. The molecule has 0 saturated carbocycles. The van der Waals surface area contributed by atoms with Gasteiger partial charge in [-0.05, 0) is 18.1 Å². The Morgan fingerprint density at radius 3 is 2.94 bits per heavy atom. The molecule has 0 spiro atoms. The van der Waals surface area contributed by atoms with Gasteiger partial charge in [-0.3, -0.25) is 4.98 Å². The lowest BCUT2D eigenvalue weighted by Crippen LogP contribution is -2.27. The first-order chi connectivity index (χ1) is 8.10. The number of nitrogens with zero attached hydrogens (tertiary/aromatic N) is 3. The van der Waals surface area contributed by atoms with E-state index in [2.05, 4.69) is 28.9 Å². The van der Waals surface area contributed by atoms with Crippen molar-refractivity contribution < 1.29 is 5.21 Å². The molecule has 0 bridgehead atoms. The van der Waals surface area contributed by atoms with Crippen molar-refractivity contribution in [3.8, 4) is 0 Å². The van der Waals surface area contributed by atoms with Crippen LogP contribution in [-0.4, -0.2) is 29.6 Å².